The average Bonchev–Trinajstić information content (AvgIpc) is 3.01. The lowest BCUT2D eigenvalue weighted by atomic mass is 9.51. The van der Waals surface area contributed by atoms with Crippen LogP contribution in [0.4, 0.5) is 0 Å². The SMILES string of the molecule is CC[C@]12CC[C@H]3[C@@H](CCC4=C/C(=N/OC)CC[C@@H]43)[C@@H]1CC/C2=N\OC. The highest BCUT2D eigenvalue weighted by Gasteiger charge is 2.56. The van der Waals surface area contributed by atoms with Crippen LogP contribution in [-0.4, -0.2) is 25.6 Å². The normalized spacial score (nSPS) is 43.2. The second-order valence-electron chi connectivity index (χ2n) is 8.41. The Morgan fingerprint density at radius 2 is 1.84 bits per heavy atom. The maximum Gasteiger partial charge on any atom is 0.106 e. The van der Waals surface area contributed by atoms with E-state index in [0.29, 0.717) is 5.41 Å². The molecule has 4 nitrogen and oxygen atoms in total. The smallest absolute Gasteiger partial charge is 0.106 e. The molecule has 0 amide bonds. The van der Waals surface area contributed by atoms with Crippen LogP contribution < -0.4 is 0 Å². The van der Waals surface area contributed by atoms with Gasteiger partial charge in [0.05, 0.1) is 11.4 Å². The number of nitrogens with zero attached hydrogens (tertiary/aromatic N) is 2. The van der Waals surface area contributed by atoms with Gasteiger partial charge in [0.2, 0.25) is 0 Å². The Balaban J connectivity index is 1.60. The van der Waals surface area contributed by atoms with Crippen molar-refractivity contribution in [1.29, 1.82) is 0 Å². The minimum Gasteiger partial charge on any atom is -0.399 e. The summed E-state index contributed by atoms with van der Waals surface area (Å²) in [5, 5.41) is 8.67. The molecule has 0 aromatic heterocycles. The van der Waals surface area contributed by atoms with Crippen LogP contribution in [0.1, 0.15) is 64.7 Å². The van der Waals surface area contributed by atoms with Crippen molar-refractivity contribution in [2.45, 2.75) is 64.7 Å². The molecule has 0 radical (unpaired) electrons. The van der Waals surface area contributed by atoms with E-state index in [1.54, 1.807) is 19.8 Å². The summed E-state index contributed by atoms with van der Waals surface area (Å²) in [6.07, 6.45) is 13.6. The molecule has 0 unspecified atom stereocenters. The van der Waals surface area contributed by atoms with Crippen molar-refractivity contribution in [1.82, 2.24) is 0 Å². The fourth-order valence-corrected chi connectivity index (χ4v) is 6.88. The highest BCUT2D eigenvalue weighted by Crippen LogP contribution is 2.62. The van der Waals surface area contributed by atoms with Crippen LogP contribution in [0.5, 0.6) is 0 Å². The summed E-state index contributed by atoms with van der Waals surface area (Å²) in [4.78, 5) is 10.2. The summed E-state index contributed by atoms with van der Waals surface area (Å²) < 4.78 is 0. The van der Waals surface area contributed by atoms with Crippen molar-refractivity contribution in [2.24, 2.45) is 39.4 Å². The zero-order valence-electron chi connectivity index (χ0n) is 16.0. The number of rotatable bonds is 3. The highest BCUT2D eigenvalue weighted by molar-refractivity contribution is 5.96. The molecule has 0 spiro atoms. The number of fused-ring (bicyclic) bond motifs is 5. The van der Waals surface area contributed by atoms with Crippen LogP contribution in [0, 0.1) is 29.1 Å². The topological polar surface area (TPSA) is 43.2 Å². The van der Waals surface area contributed by atoms with Crippen molar-refractivity contribution >= 4 is 11.4 Å². The number of allylic oxidation sites excluding steroid dienone is 2. The summed E-state index contributed by atoms with van der Waals surface area (Å²) >= 11 is 0. The second-order valence-corrected chi connectivity index (χ2v) is 8.41. The number of hydrogen-bond donors (Lipinski definition) is 0. The van der Waals surface area contributed by atoms with E-state index in [9.17, 15) is 0 Å². The van der Waals surface area contributed by atoms with E-state index in [1.165, 1.54) is 50.7 Å². The molecule has 4 rings (SSSR count). The van der Waals surface area contributed by atoms with Crippen molar-refractivity contribution in [3.05, 3.63) is 11.6 Å². The molecule has 5 atom stereocenters. The molecule has 4 aliphatic rings. The fraction of sp³-hybridized carbons (Fsp3) is 0.810. The van der Waals surface area contributed by atoms with Crippen molar-refractivity contribution in [3.63, 3.8) is 0 Å². The molecule has 25 heavy (non-hydrogen) atoms. The van der Waals surface area contributed by atoms with E-state index < -0.39 is 0 Å². The Morgan fingerprint density at radius 1 is 1.00 bits per heavy atom. The van der Waals surface area contributed by atoms with E-state index in [0.717, 1.165) is 42.2 Å². The molecule has 0 bridgehead atoms. The largest absolute Gasteiger partial charge is 0.399 e. The molecular weight excluding hydrogens is 312 g/mol. The monoisotopic (exact) mass is 344 g/mol. The maximum absolute atomic E-state index is 5.21. The molecule has 0 aromatic rings. The molecular formula is C21H32N2O2. The van der Waals surface area contributed by atoms with Gasteiger partial charge in [-0.3, -0.25) is 0 Å². The second kappa shape index (κ2) is 6.77. The lowest BCUT2D eigenvalue weighted by molar-refractivity contribution is 0.0130. The van der Waals surface area contributed by atoms with Crippen molar-refractivity contribution in [3.8, 4) is 0 Å². The average molecular weight is 344 g/mol. The van der Waals surface area contributed by atoms with E-state index in [1.807, 2.05) is 0 Å². The van der Waals surface area contributed by atoms with E-state index in [4.69, 9.17) is 9.68 Å². The maximum atomic E-state index is 5.21. The lowest BCUT2D eigenvalue weighted by Crippen LogP contribution is -2.47. The van der Waals surface area contributed by atoms with E-state index in [-0.39, 0.29) is 0 Å². The summed E-state index contributed by atoms with van der Waals surface area (Å²) in [6.45, 7) is 2.37. The van der Waals surface area contributed by atoms with Gasteiger partial charge in [0.1, 0.15) is 14.2 Å². The van der Waals surface area contributed by atoms with E-state index in [2.05, 4.69) is 23.3 Å². The first kappa shape index (κ1) is 17.1. The summed E-state index contributed by atoms with van der Waals surface area (Å²) in [5.74, 6) is 3.35. The zero-order chi connectivity index (χ0) is 17.4. The first-order valence-electron chi connectivity index (χ1n) is 10.1. The van der Waals surface area contributed by atoms with Crippen molar-refractivity contribution in [2.75, 3.05) is 14.2 Å². The predicted octanol–water partition coefficient (Wildman–Crippen LogP) is 4.95. The molecule has 0 aliphatic heterocycles. The van der Waals surface area contributed by atoms with Gasteiger partial charge in [0.15, 0.2) is 0 Å². The Bertz CT molecular complexity index is 609. The molecule has 4 aliphatic carbocycles. The highest BCUT2D eigenvalue weighted by atomic mass is 16.6. The van der Waals surface area contributed by atoms with Gasteiger partial charge < -0.3 is 9.68 Å². The summed E-state index contributed by atoms with van der Waals surface area (Å²) in [6, 6.07) is 0. The van der Waals surface area contributed by atoms with Gasteiger partial charge >= 0.3 is 0 Å². The van der Waals surface area contributed by atoms with Gasteiger partial charge in [-0.05, 0) is 87.5 Å². The molecule has 0 saturated heterocycles. The molecule has 138 valence electrons. The third-order valence-corrected chi connectivity index (χ3v) is 7.83. The Kier molecular flexibility index (Phi) is 4.63. The summed E-state index contributed by atoms with van der Waals surface area (Å²) in [5.41, 5.74) is 4.48. The quantitative estimate of drug-likeness (QED) is 0.680. The van der Waals surface area contributed by atoms with Crippen molar-refractivity contribution < 1.29 is 9.68 Å². The molecule has 0 aromatic carbocycles. The van der Waals surface area contributed by atoms with Crippen LogP contribution in [0.25, 0.3) is 0 Å². The van der Waals surface area contributed by atoms with Gasteiger partial charge in [-0.15, -0.1) is 0 Å². The molecule has 0 N–H and O–H groups in total. The van der Waals surface area contributed by atoms with Crippen LogP contribution >= 0.6 is 0 Å². The first-order chi connectivity index (χ1) is 12.2. The Morgan fingerprint density at radius 3 is 2.60 bits per heavy atom. The fourth-order valence-electron chi connectivity index (χ4n) is 6.88. The van der Waals surface area contributed by atoms with Crippen LogP contribution in [-0.2, 0) is 9.68 Å². The summed E-state index contributed by atoms with van der Waals surface area (Å²) in [7, 11) is 3.35. The lowest BCUT2D eigenvalue weighted by Gasteiger charge is -2.53. The zero-order valence-corrected chi connectivity index (χ0v) is 16.0. The standard InChI is InChI=1S/C21H32N2O2/c1-4-21-12-11-17-16-8-6-15(22-24-2)13-14(16)5-7-18(17)19(21)9-10-20(21)23-25-3/h13,16-19H,4-12H2,1-3H3/b22-15+,23-20+/t16-,17+,18+,19-,21-/m0/s1. The molecule has 0 heterocycles. The molecule has 3 fully saturated rings. The van der Waals surface area contributed by atoms with Gasteiger partial charge in [-0.25, -0.2) is 0 Å². The molecule has 4 heteroatoms. The van der Waals surface area contributed by atoms with Gasteiger partial charge in [0.25, 0.3) is 0 Å². The number of oxime groups is 2. The predicted molar refractivity (Wildman–Crippen MR) is 101 cm³/mol. The molecule has 3 saturated carbocycles. The van der Waals surface area contributed by atoms with Crippen LogP contribution in [0.2, 0.25) is 0 Å². The van der Waals surface area contributed by atoms with Crippen LogP contribution in [0.15, 0.2) is 22.0 Å². The Labute approximate surface area is 151 Å². The number of hydrogen-bond acceptors (Lipinski definition) is 4. The van der Waals surface area contributed by atoms with E-state index >= 15 is 0 Å². The minimum atomic E-state index is 0.329. The Hall–Kier alpha value is -1.32. The third-order valence-electron chi connectivity index (χ3n) is 7.83. The van der Waals surface area contributed by atoms with Crippen LogP contribution in [0.3, 0.4) is 0 Å². The third kappa shape index (κ3) is 2.63. The first-order valence-corrected chi connectivity index (χ1v) is 10.1. The van der Waals surface area contributed by atoms with Gasteiger partial charge in [-0.2, -0.15) is 0 Å². The van der Waals surface area contributed by atoms with Gasteiger partial charge in [0, 0.05) is 5.41 Å². The minimum absolute atomic E-state index is 0.329. The van der Waals surface area contributed by atoms with Gasteiger partial charge in [-0.1, -0.05) is 22.8 Å².